The first-order valence-corrected chi connectivity index (χ1v) is 14.2. The van der Waals surface area contributed by atoms with Gasteiger partial charge in [-0.15, -0.1) is 0 Å². The average Bonchev–Trinajstić information content (AvgIpc) is 2.84. The Bertz CT molecular complexity index is 868. The second kappa shape index (κ2) is 13.5. The Morgan fingerprint density at radius 1 is 1.00 bits per heavy atom. The van der Waals surface area contributed by atoms with Gasteiger partial charge in [0.15, 0.2) is 0 Å². The zero-order valence-electron chi connectivity index (χ0n) is 19.2. The number of benzene rings is 2. The van der Waals surface area contributed by atoms with Gasteiger partial charge in [-0.05, 0) is 17.7 Å². The second-order valence-corrected chi connectivity index (χ2v) is 10.4. The topological polar surface area (TPSA) is 90.6 Å². The third-order valence-corrected chi connectivity index (χ3v) is 7.93. The number of amides is 1. The van der Waals surface area contributed by atoms with Crippen molar-refractivity contribution in [2.75, 3.05) is 11.5 Å². The van der Waals surface area contributed by atoms with E-state index in [9.17, 15) is 9.59 Å². The molecule has 180 valence electrons. The molecule has 0 bridgehead atoms. The molecule has 0 radical (unpaired) electrons. The summed E-state index contributed by atoms with van der Waals surface area (Å²) >= 11 is -0.150. The average molecular weight is 565 g/mol. The summed E-state index contributed by atoms with van der Waals surface area (Å²) in [6.45, 7) is 0.497. The number of halogens is 1. The minimum atomic E-state index is -0.697. The summed E-state index contributed by atoms with van der Waals surface area (Å²) in [6.07, 6.45) is 5.29. The van der Waals surface area contributed by atoms with Gasteiger partial charge < -0.3 is 4.74 Å². The number of rotatable bonds is 11. The summed E-state index contributed by atoms with van der Waals surface area (Å²) in [5.74, 6) is 1.38. The maximum atomic E-state index is 12.7. The number of nitrogens with two attached hydrogens (primary N) is 1. The Morgan fingerprint density at radius 2 is 1.67 bits per heavy atom. The number of carbonyl (C=O) groups is 2. The molecule has 3 rings (SSSR count). The summed E-state index contributed by atoms with van der Waals surface area (Å²) in [5.41, 5.74) is 2.03. The van der Waals surface area contributed by atoms with Crippen molar-refractivity contribution in [2.45, 2.75) is 51.2 Å². The van der Waals surface area contributed by atoms with E-state index < -0.39 is 12.0 Å². The Labute approximate surface area is 207 Å². The number of esters is 1. The molecule has 2 aromatic carbocycles. The number of carbonyl (C=O) groups excluding carboxylic acids is 2. The summed E-state index contributed by atoms with van der Waals surface area (Å²) in [6, 6.07) is 16.9. The van der Waals surface area contributed by atoms with Gasteiger partial charge in [0.1, 0.15) is 12.4 Å². The van der Waals surface area contributed by atoms with Gasteiger partial charge >= 0.3 is 143 Å². The van der Waals surface area contributed by atoms with Gasteiger partial charge in [0.25, 0.3) is 0 Å². The molecule has 0 heterocycles. The number of hydrogen-bond acceptors (Lipinski definition) is 5. The molecule has 1 fully saturated rings. The molecule has 1 saturated carbocycles. The predicted octanol–water partition coefficient (Wildman–Crippen LogP) is 0.625. The molecule has 1 atom stereocenters. The zero-order valence-corrected chi connectivity index (χ0v) is 21.3. The number of ether oxygens (including phenoxy) is 2. The van der Waals surface area contributed by atoms with Crippen molar-refractivity contribution < 1.29 is 40.5 Å². The van der Waals surface area contributed by atoms with Crippen LogP contribution in [0.4, 0.5) is 0 Å². The molecule has 7 heteroatoms. The molecule has 0 saturated heterocycles. The Hall–Kier alpha value is -2.13. The van der Waals surface area contributed by atoms with Crippen LogP contribution >= 0.6 is 0 Å². The van der Waals surface area contributed by atoms with E-state index in [1.165, 1.54) is 11.5 Å². The molecule has 33 heavy (non-hydrogen) atoms. The quantitative estimate of drug-likeness (QED) is 0.181. The first kappa shape index (κ1) is 25.5. The predicted molar refractivity (Wildman–Crippen MR) is 124 cm³/mol. The van der Waals surface area contributed by atoms with Crippen molar-refractivity contribution in [1.29, 1.82) is 0 Å². The first-order chi connectivity index (χ1) is 16.1. The molecule has 1 aliphatic rings. The van der Waals surface area contributed by atoms with Crippen molar-refractivity contribution in [1.82, 2.24) is 5.32 Å². The van der Waals surface area contributed by atoms with E-state index in [0.717, 1.165) is 48.5 Å². The monoisotopic (exact) mass is 565 g/mol. The summed E-state index contributed by atoms with van der Waals surface area (Å²) in [4.78, 5) is 25.0. The molecule has 0 unspecified atom stereocenters. The maximum absolute atomic E-state index is 12.7. The fraction of sp³-hybridized carbons (Fsp3) is 0.462. The van der Waals surface area contributed by atoms with Crippen LogP contribution in [-0.4, -0.2) is 29.5 Å². The molecular formula is C26H34IN2O4-. The van der Waals surface area contributed by atoms with E-state index in [1.807, 2.05) is 54.6 Å². The molecular weight excluding hydrogens is 531 g/mol. The number of methoxy groups -OCH3 is 1. The van der Waals surface area contributed by atoms with Gasteiger partial charge in [0.2, 0.25) is 0 Å². The molecule has 0 aliphatic heterocycles. The van der Waals surface area contributed by atoms with Crippen molar-refractivity contribution in [2.24, 2.45) is 15.8 Å². The van der Waals surface area contributed by atoms with Crippen molar-refractivity contribution in [3.8, 4) is 5.75 Å². The van der Waals surface area contributed by atoms with Gasteiger partial charge in [-0.3, -0.25) is 0 Å². The van der Waals surface area contributed by atoms with Crippen LogP contribution in [0, 0.1) is 11.8 Å². The van der Waals surface area contributed by atoms with Crippen molar-refractivity contribution in [3.05, 3.63) is 65.7 Å². The van der Waals surface area contributed by atoms with Crippen LogP contribution < -0.4 is 35.5 Å². The molecule has 0 spiro atoms. The van der Waals surface area contributed by atoms with Crippen LogP contribution in [0.2, 0.25) is 0 Å². The molecule has 6 nitrogen and oxygen atoms in total. The van der Waals surface area contributed by atoms with Crippen LogP contribution in [0.25, 0.3) is 0 Å². The Kier molecular flexibility index (Phi) is 10.5. The van der Waals surface area contributed by atoms with E-state index in [1.54, 1.807) is 0 Å². The SMILES string of the molecule is COC(=O)[C@H](Cc1ccc(OCc2ccccc2)cc1)NC(=O)CC1CCC(C[I-]N)CC1. The van der Waals surface area contributed by atoms with Gasteiger partial charge in [0, 0.05) is 0 Å². The third kappa shape index (κ3) is 8.62. The fourth-order valence-corrected chi connectivity index (χ4v) is 5.87. The van der Waals surface area contributed by atoms with Crippen molar-refractivity contribution >= 4 is 11.9 Å². The van der Waals surface area contributed by atoms with E-state index in [4.69, 9.17) is 13.4 Å². The van der Waals surface area contributed by atoms with Gasteiger partial charge in [-0.2, -0.15) is 0 Å². The number of alkyl halides is 1. The number of hydrogen-bond donors (Lipinski definition) is 2. The fourth-order valence-electron chi connectivity index (χ4n) is 4.27. The molecule has 0 aromatic heterocycles. The van der Waals surface area contributed by atoms with E-state index in [0.29, 0.717) is 25.4 Å². The standard InChI is InChI=1S/C26H34IN2O4/c1-32-26(31)24(29-25(30)16-20-7-9-21(10-8-20)17-27-28)15-19-11-13-23(14-12-19)33-18-22-5-3-2-4-6-22/h2-6,11-14,20-21,24H,7-10,15-18,28H2,1H3,(H,29,30)/q-1/t20?,21?,24-/m0/s1. The van der Waals surface area contributed by atoms with Crippen LogP contribution in [-0.2, 0) is 27.4 Å². The van der Waals surface area contributed by atoms with E-state index >= 15 is 0 Å². The Morgan fingerprint density at radius 3 is 2.30 bits per heavy atom. The molecule has 3 N–H and O–H groups in total. The Balaban J connectivity index is 1.49. The van der Waals surface area contributed by atoms with Crippen LogP contribution in [0.3, 0.4) is 0 Å². The zero-order chi connectivity index (χ0) is 23.5. The van der Waals surface area contributed by atoms with Crippen LogP contribution in [0.5, 0.6) is 5.75 Å². The van der Waals surface area contributed by atoms with Crippen LogP contribution in [0.1, 0.15) is 43.2 Å². The van der Waals surface area contributed by atoms with E-state index in [2.05, 4.69) is 5.32 Å². The van der Waals surface area contributed by atoms with E-state index in [-0.39, 0.29) is 27.4 Å². The summed E-state index contributed by atoms with van der Waals surface area (Å²) < 4.78 is 17.7. The summed E-state index contributed by atoms with van der Waals surface area (Å²) in [5, 5.41) is 2.90. The van der Waals surface area contributed by atoms with Crippen LogP contribution in [0.15, 0.2) is 54.6 Å². The third-order valence-electron chi connectivity index (χ3n) is 6.18. The molecule has 2 aromatic rings. The van der Waals surface area contributed by atoms with Gasteiger partial charge in [-0.1, -0.05) is 30.3 Å². The van der Waals surface area contributed by atoms with Gasteiger partial charge in [0.05, 0.1) is 0 Å². The molecule has 1 amide bonds. The van der Waals surface area contributed by atoms with Gasteiger partial charge in [-0.25, -0.2) is 0 Å². The normalized spacial score (nSPS) is 19.0. The van der Waals surface area contributed by atoms with Crippen molar-refractivity contribution in [3.63, 3.8) is 0 Å². The first-order valence-electron chi connectivity index (χ1n) is 11.5. The molecule has 1 aliphatic carbocycles. The minimum absolute atomic E-state index is 0.0806. The number of nitrogens with one attached hydrogen (secondary N) is 1. The second-order valence-electron chi connectivity index (χ2n) is 8.67. The summed E-state index contributed by atoms with van der Waals surface area (Å²) in [7, 11) is 1.35.